The number of anilines is 1. The lowest BCUT2D eigenvalue weighted by Crippen LogP contribution is -2.59. The number of carbonyl (C=O) groups excluding carboxylic acids is 1. The van der Waals surface area contributed by atoms with E-state index < -0.39 is 23.5 Å². The van der Waals surface area contributed by atoms with Crippen molar-refractivity contribution in [2.75, 3.05) is 11.4 Å². The first-order chi connectivity index (χ1) is 11.8. The van der Waals surface area contributed by atoms with E-state index in [1.807, 2.05) is 26.8 Å². The molecular weight excluding hydrogens is 334 g/mol. The molecule has 2 rings (SSSR count). The lowest BCUT2D eigenvalue weighted by molar-refractivity contribution is -0.146. The van der Waals surface area contributed by atoms with Crippen LogP contribution in [0, 0.1) is 22.2 Å². The molecule has 26 heavy (non-hydrogen) atoms. The Labute approximate surface area is 153 Å². The molecule has 8 heteroatoms. The van der Waals surface area contributed by atoms with Crippen molar-refractivity contribution in [3.05, 3.63) is 17.6 Å². The number of nitriles is 1. The molecule has 0 bridgehead atoms. The minimum absolute atomic E-state index is 0.0190. The van der Waals surface area contributed by atoms with Crippen LogP contribution >= 0.6 is 0 Å². The van der Waals surface area contributed by atoms with E-state index in [4.69, 9.17) is 5.26 Å². The van der Waals surface area contributed by atoms with Crippen LogP contribution in [0.2, 0.25) is 0 Å². The van der Waals surface area contributed by atoms with Gasteiger partial charge in [0.15, 0.2) is 0 Å². The molecule has 1 aliphatic rings. The molecule has 2 amide bonds. The van der Waals surface area contributed by atoms with Crippen molar-refractivity contribution in [1.29, 1.82) is 5.26 Å². The number of hydrogen-bond acceptors (Lipinski definition) is 5. The first-order valence-corrected chi connectivity index (χ1v) is 8.42. The van der Waals surface area contributed by atoms with Crippen molar-refractivity contribution in [2.45, 2.75) is 54.1 Å². The van der Waals surface area contributed by atoms with Crippen LogP contribution in [0.25, 0.3) is 0 Å². The SMILES string of the molecule is CC(C)(C)CN1C(=O)N(C(C(=O)O)C(C)(C)C)Cc2cnc(C#N)nc21. The molecule has 1 aliphatic heterocycles. The number of aliphatic carboxylic acids is 1. The summed E-state index contributed by atoms with van der Waals surface area (Å²) in [6.45, 7) is 11.7. The molecule has 8 nitrogen and oxygen atoms in total. The minimum atomic E-state index is -1.06. The van der Waals surface area contributed by atoms with Gasteiger partial charge < -0.3 is 10.0 Å². The lowest BCUT2D eigenvalue weighted by Gasteiger charge is -2.44. The number of carboxylic acids is 1. The van der Waals surface area contributed by atoms with Crippen LogP contribution in [0.3, 0.4) is 0 Å². The standard InChI is InChI=1S/C18H25N5O3/c1-17(2,3)10-23-14-11(8-20-12(7-19)21-14)9-22(16(23)26)13(15(24)25)18(4,5)6/h8,13H,9-10H2,1-6H3,(H,24,25). The van der Waals surface area contributed by atoms with Crippen molar-refractivity contribution in [1.82, 2.24) is 14.9 Å². The second kappa shape index (κ2) is 6.56. The van der Waals surface area contributed by atoms with E-state index in [0.29, 0.717) is 17.9 Å². The Bertz CT molecular complexity index is 771. The number of carboxylic acid groups (broad SMARTS) is 1. The first kappa shape index (κ1) is 19.6. The summed E-state index contributed by atoms with van der Waals surface area (Å²) in [5, 5.41) is 18.8. The highest BCUT2D eigenvalue weighted by molar-refractivity contribution is 5.96. The topological polar surface area (TPSA) is 110 Å². The molecule has 0 saturated carbocycles. The highest BCUT2D eigenvalue weighted by Crippen LogP contribution is 2.34. The molecule has 2 heterocycles. The Hall–Kier alpha value is -2.69. The van der Waals surface area contributed by atoms with E-state index in [2.05, 4.69) is 9.97 Å². The number of rotatable bonds is 3. The van der Waals surface area contributed by atoms with Gasteiger partial charge in [0.1, 0.15) is 17.9 Å². The van der Waals surface area contributed by atoms with Crippen molar-refractivity contribution >= 4 is 17.8 Å². The molecule has 1 unspecified atom stereocenters. The van der Waals surface area contributed by atoms with E-state index in [-0.39, 0.29) is 17.8 Å². The summed E-state index contributed by atoms with van der Waals surface area (Å²) in [5.41, 5.74) is -0.267. The summed E-state index contributed by atoms with van der Waals surface area (Å²) >= 11 is 0. The van der Waals surface area contributed by atoms with Crippen LogP contribution in [0.5, 0.6) is 0 Å². The summed E-state index contributed by atoms with van der Waals surface area (Å²) in [6, 6.07) is 0.466. The molecular formula is C18H25N5O3. The van der Waals surface area contributed by atoms with E-state index >= 15 is 0 Å². The van der Waals surface area contributed by atoms with Crippen LogP contribution in [-0.4, -0.2) is 44.6 Å². The van der Waals surface area contributed by atoms with Crippen LogP contribution in [0.4, 0.5) is 10.6 Å². The predicted octanol–water partition coefficient (Wildman–Crippen LogP) is 2.64. The summed E-state index contributed by atoms with van der Waals surface area (Å²) in [6.07, 6.45) is 1.50. The van der Waals surface area contributed by atoms with Crippen LogP contribution in [0.15, 0.2) is 6.20 Å². The van der Waals surface area contributed by atoms with Crippen molar-refractivity contribution in [3.63, 3.8) is 0 Å². The average molecular weight is 359 g/mol. The van der Waals surface area contributed by atoms with Gasteiger partial charge in [0.2, 0.25) is 5.82 Å². The van der Waals surface area contributed by atoms with E-state index in [1.54, 1.807) is 20.8 Å². The van der Waals surface area contributed by atoms with Crippen LogP contribution < -0.4 is 4.90 Å². The zero-order valence-corrected chi connectivity index (χ0v) is 16.1. The number of hydrogen-bond donors (Lipinski definition) is 1. The van der Waals surface area contributed by atoms with E-state index in [1.165, 1.54) is 16.0 Å². The molecule has 140 valence electrons. The maximum absolute atomic E-state index is 13.2. The van der Waals surface area contributed by atoms with Gasteiger partial charge in [-0.2, -0.15) is 5.26 Å². The third kappa shape index (κ3) is 3.93. The third-order valence-corrected chi connectivity index (χ3v) is 4.01. The Morgan fingerprint density at radius 1 is 1.35 bits per heavy atom. The zero-order valence-electron chi connectivity index (χ0n) is 16.1. The minimum Gasteiger partial charge on any atom is -0.480 e. The molecule has 1 N–H and O–H groups in total. The molecule has 0 spiro atoms. The highest BCUT2D eigenvalue weighted by atomic mass is 16.4. The highest BCUT2D eigenvalue weighted by Gasteiger charge is 2.44. The molecule has 0 fully saturated rings. The zero-order chi connectivity index (χ0) is 19.9. The summed E-state index contributed by atoms with van der Waals surface area (Å²) in [7, 11) is 0. The summed E-state index contributed by atoms with van der Waals surface area (Å²) < 4.78 is 0. The van der Waals surface area contributed by atoms with Gasteiger partial charge in [-0.15, -0.1) is 0 Å². The number of aromatic nitrogens is 2. The molecule has 0 radical (unpaired) electrons. The third-order valence-electron chi connectivity index (χ3n) is 4.01. The number of fused-ring (bicyclic) bond motifs is 1. The fourth-order valence-corrected chi connectivity index (χ4v) is 3.08. The smallest absolute Gasteiger partial charge is 0.327 e. The van der Waals surface area contributed by atoms with Crippen molar-refractivity contribution < 1.29 is 14.7 Å². The van der Waals surface area contributed by atoms with E-state index in [0.717, 1.165) is 0 Å². The number of amides is 2. The van der Waals surface area contributed by atoms with Gasteiger partial charge in [0, 0.05) is 18.3 Å². The maximum Gasteiger partial charge on any atom is 0.327 e. The Balaban J connectivity index is 2.58. The normalized spacial score (nSPS) is 16.1. The van der Waals surface area contributed by atoms with Crippen LogP contribution in [0.1, 0.15) is 52.9 Å². The van der Waals surface area contributed by atoms with Crippen molar-refractivity contribution in [3.8, 4) is 6.07 Å². The Morgan fingerprint density at radius 2 is 1.96 bits per heavy atom. The van der Waals surface area contributed by atoms with Gasteiger partial charge in [0.25, 0.3) is 0 Å². The first-order valence-electron chi connectivity index (χ1n) is 8.42. The van der Waals surface area contributed by atoms with Gasteiger partial charge in [-0.25, -0.2) is 19.6 Å². The molecule has 1 aromatic heterocycles. The Morgan fingerprint density at radius 3 is 2.42 bits per heavy atom. The van der Waals surface area contributed by atoms with Gasteiger partial charge in [0.05, 0.1) is 6.54 Å². The van der Waals surface area contributed by atoms with Crippen molar-refractivity contribution in [2.24, 2.45) is 10.8 Å². The number of carbonyl (C=O) groups is 2. The molecule has 1 atom stereocenters. The fourth-order valence-electron chi connectivity index (χ4n) is 3.08. The maximum atomic E-state index is 13.2. The van der Waals surface area contributed by atoms with Crippen LogP contribution in [-0.2, 0) is 11.3 Å². The predicted molar refractivity (Wildman–Crippen MR) is 95.4 cm³/mol. The Kier molecular flexibility index (Phi) is 4.95. The van der Waals surface area contributed by atoms with Gasteiger partial charge in [-0.1, -0.05) is 41.5 Å². The van der Waals surface area contributed by atoms with Gasteiger partial charge >= 0.3 is 12.0 Å². The fraction of sp³-hybridized carbons (Fsp3) is 0.611. The number of nitrogens with zero attached hydrogens (tertiary/aromatic N) is 5. The number of urea groups is 1. The second-order valence-electron chi connectivity index (χ2n) is 8.82. The van der Waals surface area contributed by atoms with Gasteiger partial charge in [-0.3, -0.25) is 4.90 Å². The molecule has 0 aromatic carbocycles. The average Bonchev–Trinajstić information content (AvgIpc) is 2.48. The largest absolute Gasteiger partial charge is 0.480 e. The molecule has 0 aliphatic carbocycles. The molecule has 0 saturated heterocycles. The quantitative estimate of drug-likeness (QED) is 0.888. The summed E-state index contributed by atoms with van der Waals surface area (Å²) in [4.78, 5) is 36.1. The van der Waals surface area contributed by atoms with E-state index in [9.17, 15) is 14.7 Å². The lowest BCUT2D eigenvalue weighted by atomic mass is 9.85. The monoisotopic (exact) mass is 359 g/mol. The summed E-state index contributed by atoms with van der Waals surface area (Å²) in [5.74, 6) is -0.695. The van der Waals surface area contributed by atoms with Gasteiger partial charge in [-0.05, 0) is 10.8 Å². The molecule has 1 aromatic rings. The second-order valence-corrected chi connectivity index (χ2v) is 8.82.